The Morgan fingerprint density at radius 3 is 2.85 bits per heavy atom. The second-order valence-corrected chi connectivity index (χ2v) is 6.71. The van der Waals surface area contributed by atoms with Crippen molar-refractivity contribution in [2.75, 3.05) is 33.4 Å². The van der Waals surface area contributed by atoms with Crippen molar-refractivity contribution in [2.45, 2.75) is 26.8 Å². The number of H-pyrrole nitrogens is 1. The standard InChI is InChI=1S/C19H27N3O3S/c1-13-5-6-15-11-16(18(24)21-17(15)14(13)2)12-22(8-9-23)19(26)20-7-4-10-25-3/h5-6,11,23H,4,7-10,12H2,1-3H3,(H,20,26)(H,21,24). The van der Waals surface area contributed by atoms with Gasteiger partial charge in [-0.3, -0.25) is 4.79 Å². The molecule has 0 saturated heterocycles. The summed E-state index contributed by atoms with van der Waals surface area (Å²) in [7, 11) is 1.66. The van der Waals surface area contributed by atoms with Gasteiger partial charge in [0.2, 0.25) is 0 Å². The average molecular weight is 378 g/mol. The third-order valence-corrected chi connectivity index (χ3v) is 4.85. The van der Waals surface area contributed by atoms with Crippen molar-refractivity contribution < 1.29 is 9.84 Å². The average Bonchev–Trinajstić information content (AvgIpc) is 2.62. The SMILES string of the molecule is COCCCNC(=S)N(CCO)Cc1cc2ccc(C)c(C)c2[nH]c1=O. The minimum absolute atomic E-state index is 0.0380. The minimum Gasteiger partial charge on any atom is -0.395 e. The zero-order valence-electron chi connectivity index (χ0n) is 15.6. The number of methoxy groups -OCH3 is 1. The molecule has 0 spiro atoms. The Balaban J connectivity index is 2.20. The maximum absolute atomic E-state index is 12.5. The predicted molar refractivity (Wildman–Crippen MR) is 109 cm³/mol. The van der Waals surface area contributed by atoms with Crippen molar-refractivity contribution in [3.8, 4) is 0 Å². The number of hydrogen-bond donors (Lipinski definition) is 3. The molecule has 7 heteroatoms. The molecule has 0 amide bonds. The van der Waals surface area contributed by atoms with E-state index in [2.05, 4.69) is 10.3 Å². The highest BCUT2D eigenvalue weighted by Gasteiger charge is 2.13. The minimum atomic E-state index is -0.128. The second-order valence-electron chi connectivity index (χ2n) is 6.32. The van der Waals surface area contributed by atoms with Gasteiger partial charge in [-0.2, -0.15) is 0 Å². The number of aryl methyl sites for hydroxylation is 2. The number of pyridine rings is 1. The van der Waals surface area contributed by atoms with Gasteiger partial charge in [-0.15, -0.1) is 0 Å². The second kappa shape index (κ2) is 9.66. The molecule has 0 unspecified atom stereocenters. The lowest BCUT2D eigenvalue weighted by Gasteiger charge is -2.25. The molecule has 3 N–H and O–H groups in total. The van der Waals surface area contributed by atoms with Gasteiger partial charge in [0.1, 0.15) is 0 Å². The summed E-state index contributed by atoms with van der Waals surface area (Å²) in [4.78, 5) is 17.3. The first-order valence-corrected chi connectivity index (χ1v) is 9.13. The number of rotatable bonds is 8. The van der Waals surface area contributed by atoms with Crippen LogP contribution in [0.25, 0.3) is 10.9 Å². The van der Waals surface area contributed by atoms with Crippen molar-refractivity contribution in [3.63, 3.8) is 0 Å². The monoisotopic (exact) mass is 377 g/mol. The van der Waals surface area contributed by atoms with E-state index in [9.17, 15) is 9.90 Å². The molecule has 0 radical (unpaired) electrons. The number of aromatic amines is 1. The summed E-state index contributed by atoms with van der Waals surface area (Å²) < 4.78 is 5.02. The number of nitrogens with zero attached hydrogens (tertiary/aromatic N) is 1. The highest BCUT2D eigenvalue weighted by Crippen LogP contribution is 2.19. The van der Waals surface area contributed by atoms with Crippen molar-refractivity contribution in [3.05, 3.63) is 45.2 Å². The number of aromatic nitrogens is 1. The molecule has 0 fully saturated rings. The predicted octanol–water partition coefficient (Wildman–Crippen LogP) is 1.85. The number of aliphatic hydroxyl groups is 1. The molecule has 6 nitrogen and oxygen atoms in total. The van der Waals surface area contributed by atoms with Crippen LogP contribution in [-0.4, -0.2) is 53.5 Å². The highest BCUT2D eigenvalue weighted by molar-refractivity contribution is 7.80. The zero-order valence-corrected chi connectivity index (χ0v) is 16.4. The lowest BCUT2D eigenvalue weighted by atomic mass is 10.0. The van der Waals surface area contributed by atoms with Crippen LogP contribution < -0.4 is 10.9 Å². The Kier molecular flexibility index (Phi) is 7.56. The van der Waals surface area contributed by atoms with Crippen molar-refractivity contribution in [1.82, 2.24) is 15.2 Å². The summed E-state index contributed by atoms with van der Waals surface area (Å²) in [6.07, 6.45) is 0.832. The number of nitrogens with one attached hydrogen (secondary N) is 2. The fourth-order valence-electron chi connectivity index (χ4n) is 2.79. The molecule has 2 aromatic rings. The molecular weight excluding hydrogens is 350 g/mol. The Morgan fingerprint density at radius 2 is 2.15 bits per heavy atom. The van der Waals surface area contributed by atoms with Crippen LogP contribution in [0.2, 0.25) is 0 Å². The van der Waals surface area contributed by atoms with Gasteiger partial charge in [-0.05, 0) is 55.1 Å². The van der Waals surface area contributed by atoms with Crippen LogP contribution in [0.1, 0.15) is 23.1 Å². The van der Waals surface area contributed by atoms with Gasteiger partial charge in [0.15, 0.2) is 5.11 Å². The topological polar surface area (TPSA) is 77.6 Å². The molecule has 26 heavy (non-hydrogen) atoms. The van der Waals surface area contributed by atoms with Crippen molar-refractivity contribution in [1.29, 1.82) is 0 Å². The van der Waals surface area contributed by atoms with Gasteiger partial charge in [0.25, 0.3) is 5.56 Å². The third kappa shape index (κ3) is 5.03. The molecular formula is C19H27N3O3S. The Hall–Kier alpha value is -1.96. The summed E-state index contributed by atoms with van der Waals surface area (Å²) in [5.41, 5.74) is 3.58. The van der Waals surface area contributed by atoms with E-state index in [1.165, 1.54) is 0 Å². The Labute approximate surface area is 159 Å². The molecule has 0 atom stereocenters. The molecule has 0 aliphatic carbocycles. The largest absolute Gasteiger partial charge is 0.395 e. The van der Waals surface area contributed by atoms with E-state index in [1.807, 2.05) is 32.0 Å². The van der Waals surface area contributed by atoms with Crippen LogP contribution >= 0.6 is 12.2 Å². The zero-order chi connectivity index (χ0) is 19.1. The van der Waals surface area contributed by atoms with Crippen LogP contribution in [-0.2, 0) is 11.3 Å². The van der Waals surface area contributed by atoms with Crippen LogP contribution in [0.4, 0.5) is 0 Å². The van der Waals surface area contributed by atoms with Crippen LogP contribution in [0.15, 0.2) is 23.0 Å². The normalized spacial score (nSPS) is 10.9. The number of benzene rings is 1. The summed E-state index contributed by atoms with van der Waals surface area (Å²) in [5, 5.41) is 14.0. The van der Waals surface area contributed by atoms with E-state index in [4.69, 9.17) is 17.0 Å². The van der Waals surface area contributed by atoms with Crippen LogP contribution in [0.5, 0.6) is 0 Å². The molecule has 142 valence electrons. The molecule has 1 aromatic heterocycles. The summed E-state index contributed by atoms with van der Waals surface area (Å²) in [6.45, 7) is 6.03. The van der Waals surface area contributed by atoms with Gasteiger partial charge in [-0.1, -0.05) is 12.1 Å². The van der Waals surface area contributed by atoms with E-state index >= 15 is 0 Å². The first-order chi connectivity index (χ1) is 12.5. The fourth-order valence-corrected chi connectivity index (χ4v) is 3.05. The number of ether oxygens (including phenoxy) is 1. The van der Waals surface area contributed by atoms with Gasteiger partial charge in [-0.25, -0.2) is 0 Å². The quantitative estimate of drug-likeness (QED) is 0.481. The van der Waals surface area contributed by atoms with Crippen LogP contribution in [0.3, 0.4) is 0 Å². The summed E-state index contributed by atoms with van der Waals surface area (Å²) in [6, 6.07) is 5.96. The first-order valence-electron chi connectivity index (χ1n) is 8.72. The smallest absolute Gasteiger partial charge is 0.253 e. The van der Waals surface area contributed by atoms with E-state index in [0.29, 0.717) is 36.9 Å². The van der Waals surface area contributed by atoms with Gasteiger partial charge < -0.3 is 25.0 Å². The first kappa shape index (κ1) is 20.4. The third-order valence-electron chi connectivity index (χ3n) is 4.45. The van der Waals surface area contributed by atoms with Crippen molar-refractivity contribution in [2.24, 2.45) is 0 Å². The molecule has 0 saturated carbocycles. The maximum Gasteiger partial charge on any atom is 0.253 e. The maximum atomic E-state index is 12.5. The van der Waals surface area contributed by atoms with E-state index < -0.39 is 0 Å². The number of thiocarbonyl (C=S) groups is 1. The van der Waals surface area contributed by atoms with Gasteiger partial charge >= 0.3 is 0 Å². The molecule has 0 aliphatic rings. The molecule has 0 bridgehead atoms. The van der Waals surface area contributed by atoms with Crippen molar-refractivity contribution >= 4 is 28.2 Å². The molecule has 1 aromatic carbocycles. The van der Waals surface area contributed by atoms with Crippen LogP contribution in [0, 0.1) is 13.8 Å². The van der Waals surface area contributed by atoms with Gasteiger partial charge in [0.05, 0.1) is 18.7 Å². The summed E-state index contributed by atoms with van der Waals surface area (Å²) in [5.74, 6) is 0. The lowest BCUT2D eigenvalue weighted by Crippen LogP contribution is -2.42. The summed E-state index contributed by atoms with van der Waals surface area (Å²) >= 11 is 5.42. The number of aliphatic hydroxyl groups excluding tert-OH is 1. The van der Waals surface area contributed by atoms with E-state index in [1.54, 1.807) is 12.0 Å². The van der Waals surface area contributed by atoms with E-state index in [-0.39, 0.29) is 12.2 Å². The number of hydrogen-bond acceptors (Lipinski definition) is 4. The molecule has 0 aliphatic heterocycles. The lowest BCUT2D eigenvalue weighted by molar-refractivity contribution is 0.195. The Bertz CT molecular complexity index is 820. The van der Waals surface area contributed by atoms with Gasteiger partial charge in [0, 0.05) is 32.4 Å². The van der Waals surface area contributed by atoms with E-state index in [0.717, 1.165) is 28.5 Å². The highest BCUT2D eigenvalue weighted by atomic mass is 32.1. The number of fused-ring (bicyclic) bond motifs is 1. The molecule has 1 heterocycles. The fraction of sp³-hybridized carbons (Fsp3) is 0.474. The Morgan fingerprint density at radius 1 is 1.38 bits per heavy atom. The molecule has 2 rings (SSSR count).